The van der Waals surface area contributed by atoms with Gasteiger partial charge in [0, 0.05) is 15.2 Å². The molecular formula is C14H14INO4. The van der Waals surface area contributed by atoms with Crippen LogP contribution in [0.25, 0.3) is 10.9 Å². The number of rotatable bonds is 4. The van der Waals surface area contributed by atoms with Crippen molar-refractivity contribution in [3.05, 3.63) is 43.8 Å². The smallest absolute Gasteiger partial charge is 0.341 e. The van der Waals surface area contributed by atoms with Crippen LogP contribution >= 0.6 is 22.6 Å². The molecule has 20 heavy (non-hydrogen) atoms. The molecule has 2 N–H and O–H groups in total. The molecule has 0 bridgehead atoms. The van der Waals surface area contributed by atoms with E-state index < -0.39 is 11.4 Å². The molecule has 5 nitrogen and oxygen atoms in total. The van der Waals surface area contributed by atoms with Gasteiger partial charge < -0.3 is 14.8 Å². The average Bonchev–Trinajstić information content (AvgIpc) is 2.42. The summed E-state index contributed by atoms with van der Waals surface area (Å²) in [6, 6.07) is 5.05. The molecule has 0 aliphatic rings. The number of hydrogen-bond acceptors (Lipinski definition) is 3. The fourth-order valence-electron chi connectivity index (χ4n) is 2.20. The average molecular weight is 387 g/mol. The van der Waals surface area contributed by atoms with Crippen molar-refractivity contribution < 1.29 is 15.0 Å². The van der Waals surface area contributed by atoms with Crippen LogP contribution in [0.2, 0.25) is 0 Å². The summed E-state index contributed by atoms with van der Waals surface area (Å²) in [4.78, 5) is 23.4. The van der Waals surface area contributed by atoms with E-state index in [4.69, 9.17) is 5.11 Å². The van der Waals surface area contributed by atoms with Gasteiger partial charge >= 0.3 is 5.97 Å². The Morgan fingerprint density at radius 1 is 1.45 bits per heavy atom. The van der Waals surface area contributed by atoms with Crippen LogP contribution in [0.3, 0.4) is 0 Å². The van der Waals surface area contributed by atoms with Gasteiger partial charge in [0.2, 0.25) is 5.43 Å². The number of benzene rings is 1. The number of carboxylic acids is 1. The largest absolute Gasteiger partial charge is 0.477 e. The molecule has 0 amide bonds. The first kappa shape index (κ1) is 15.0. The highest BCUT2D eigenvalue weighted by molar-refractivity contribution is 14.1. The second-order valence-electron chi connectivity index (χ2n) is 4.49. The monoisotopic (exact) mass is 387 g/mol. The van der Waals surface area contributed by atoms with Gasteiger partial charge in [-0.05, 0) is 47.2 Å². The fraction of sp³-hybridized carbons (Fsp3) is 0.286. The molecule has 1 heterocycles. The number of nitrogens with zero attached hydrogens (tertiary/aromatic N) is 1. The number of aliphatic hydroxyl groups is 1. The van der Waals surface area contributed by atoms with E-state index in [0.717, 1.165) is 3.57 Å². The first-order valence-corrected chi connectivity index (χ1v) is 7.26. The predicted octanol–water partition coefficient (Wildman–Crippen LogP) is 2.25. The second kappa shape index (κ2) is 5.92. The highest BCUT2D eigenvalue weighted by Gasteiger charge is 2.18. The van der Waals surface area contributed by atoms with E-state index in [9.17, 15) is 14.7 Å². The third-order valence-electron chi connectivity index (χ3n) is 3.30. The topological polar surface area (TPSA) is 79.5 Å². The van der Waals surface area contributed by atoms with Crippen molar-refractivity contribution in [2.45, 2.75) is 19.4 Å². The van der Waals surface area contributed by atoms with Crippen molar-refractivity contribution in [1.82, 2.24) is 4.57 Å². The molecule has 106 valence electrons. The van der Waals surface area contributed by atoms with Crippen LogP contribution in [0.4, 0.5) is 0 Å². The maximum absolute atomic E-state index is 12.2. The van der Waals surface area contributed by atoms with Gasteiger partial charge in [0.25, 0.3) is 0 Å². The van der Waals surface area contributed by atoms with Gasteiger partial charge in [-0.3, -0.25) is 4.79 Å². The van der Waals surface area contributed by atoms with E-state index in [-0.39, 0.29) is 18.2 Å². The lowest BCUT2D eigenvalue weighted by molar-refractivity contribution is 0.0694. The number of pyridine rings is 1. The summed E-state index contributed by atoms with van der Waals surface area (Å²) in [5, 5.41) is 19.0. The maximum Gasteiger partial charge on any atom is 0.341 e. The summed E-state index contributed by atoms with van der Waals surface area (Å²) in [6.45, 7) is 1.79. The molecule has 1 aromatic heterocycles. The minimum atomic E-state index is -1.25. The van der Waals surface area contributed by atoms with Crippen LogP contribution in [-0.2, 0) is 0 Å². The van der Waals surface area contributed by atoms with Crippen molar-refractivity contribution in [3.8, 4) is 0 Å². The molecule has 0 aliphatic heterocycles. The quantitative estimate of drug-likeness (QED) is 0.789. The van der Waals surface area contributed by atoms with Crippen molar-refractivity contribution in [2.24, 2.45) is 0 Å². The number of fused-ring (bicyclic) bond motifs is 1. The Morgan fingerprint density at radius 2 is 2.15 bits per heavy atom. The Morgan fingerprint density at radius 3 is 2.70 bits per heavy atom. The summed E-state index contributed by atoms with van der Waals surface area (Å²) in [5.74, 6) is -1.25. The van der Waals surface area contributed by atoms with Crippen LogP contribution in [0.1, 0.15) is 29.7 Å². The van der Waals surface area contributed by atoms with Crippen molar-refractivity contribution in [2.75, 3.05) is 6.61 Å². The highest BCUT2D eigenvalue weighted by atomic mass is 127. The van der Waals surface area contributed by atoms with Gasteiger partial charge in [-0.2, -0.15) is 0 Å². The Labute approximate surface area is 129 Å². The van der Waals surface area contributed by atoms with Crippen LogP contribution in [-0.4, -0.2) is 27.4 Å². The molecule has 0 radical (unpaired) electrons. The lowest BCUT2D eigenvalue weighted by Gasteiger charge is -2.20. The van der Waals surface area contributed by atoms with Crippen LogP contribution in [0.15, 0.2) is 29.2 Å². The number of hydrogen-bond donors (Lipinski definition) is 2. The molecule has 0 aliphatic carbocycles. The summed E-state index contributed by atoms with van der Waals surface area (Å²) in [7, 11) is 0. The number of halogens is 1. The summed E-state index contributed by atoms with van der Waals surface area (Å²) in [6.07, 6.45) is 1.96. The van der Waals surface area contributed by atoms with Crippen LogP contribution < -0.4 is 5.43 Å². The van der Waals surface area contributed by atoms with E-state index >= 15 is 0 Å². The highest BCUT2D eigenvalue weighted by Crippen LogP contribution is 2.21. The molecule has 0 fully saturated rings. The van der Waals surface area contributed by atoms with E-state index in [0.29, 0.717) is 17.3 Å². The zero-order valence-electron chi connectivity index (χ0n) is 10.8. The van der Waals surface area contributed by atoms with E-state index in [1.165, 1.54) is 6.20 Å². The molecule has 0 saturated heterocycles. The molecule has 2 rings (SSSR count). The first-order chi connectivity index (χ1) is 9.49. The standard InChI is InChI=1S/C14H14INO4/c1-2-9(7-17)16-6-11(14(19)20)13(18)10-5-8(15)3-4-12(10)16/h3-6,9,17H,2,7H2,1H3,(H,19,20). The van der Waals surface area contributed by atoms with Gasteiger partial charge in [-0.1, -0.05) is 6.92 Å². The van der Waals surface area contributed by atoms with Gasteiger partial charge in [-0.25, -0.2) is 4.79 Å². The minimum absolute atomic E-state index is 0.112. The van der Waals surface area contributed by atoms with Crippen molar-refractivity contribution in [3.63, 3.8) is 0 Å². The number of carbonyl (C=O) groups is 1. The second-order valence-corrected chi connectivity index (χ2v) is 5.74. The Kier molecular flexibility index (Phi) is 4.44. The lowest BCUT2D eigenvalue weighted by Crippen LogP contribution is -2.22. The molecule has 1 atom stereocenters. The SMILES string of the molecule is CCC(CO)n1cc(C(=O)O)c(=O)c2cc(I)ccc21. The molecule has 1 unspecified atom stereocenters. The molecule has 6 heteroatoms. The fourth-order valence-corrected chi connectivity index (χ4v) is 2.69. The normalized spacial score (nSPS) is 12.6. The summed E-state index contributed by atoms with van der Waals surface area (Å²) >= 11 is 2.08. The van der Waals surface area contributed by atoms with Crippen molar-refractivity contribution >= 4 is 39.5 Å². The molecular weight excluding hydrogens is 373 g/mol. The Hall–Kier alpha value is -1.41. The van der Waals surface area contributed by atoms with Crippen molar-refractivity contribution in [1.29, 1.82) is 0 Å². The number of aliphatic hydroxyl groups excluding tert-OH is 1. The summed E-state index contributed by atoms with van der Waals surface area (Å²) in [5.41, 5.74) is -0.122. The number of aromatic carboxylic acids is 1. The molecule has 2 aromatic rings. The van der Waals surface area contributed by atoms with Crippen LogP contribution in [0.5, 0.6) is 0 Å². The Bertz CT molecular complexity index is 719. The van der Waals surface area contributed by atoms with E-state index in [2.05, 4.69) is 22.6 Å². The Balaban J connectivity index is 2.89. The lowest BCUT2D eigenvalue weighted by atomic mass is 10.1. The number of aromatic nitrogens is 1. The van der Waals surface area contributed by atoms with Gasteiger partial charge in [0.1, 0.15) is 5.56 Å². The van der Waals surface area contributed by atoms with Gasteiger partial charge in [0.05, 0.1) is 18.2 Å². The van der Waals surface area contributed by atoms with Gasteiger partial charge in [-0.15, -0.1) is 0 Å². The zero-order valence-corrected chi connectivity index (χ0v) is 13.0. The predicted molar refractivity (Wildman–Crippen MR) is 84.3 cm³/mol. The minimum Gasteiger partial charge on any atom is -0.477 e. The first-order valence-electron chi connectivity index (χ1n) is 6.18. The van der Waals surface area contributed by atoms with E-state index in [1.807, 2.05) is 13.0 Å². The van der Waals surface area contributed by atoms with E-state index in [1.54, 1.807) is 16.7 Å². The molecule has 1 aromatic carbocycles. The third-order valence-corrected chi connectivity index (χ3v) is 3.97. The molecule has 0 saturated carbocycles. The maximum atomic E-state index is 12.2. The third kappa shape index (κ3) is 2.57. The van der Waals surface area contributed by atoms with Crippen LogP contribution in [0, 0.1) is 3.57 Å². The number of carboxylic acid groups (broad SMARTS) is 1. The molecule has 0 spiro atoms. The zero-order chi connectivity index (χ0) is 14.9. The van der Waals surface area contributed by atoms with Gasteiger partial charge in [0.15, 0.2) is 0 Å². The summed E-state index contributed by atoms with van der Waals surface area (Å²) < 4.78 is 2.54.